The van der Waals surface area contributed by atoms with Gasteiger partial charge in [-0.1, -0.05) is 18.5 Å². The van der Waals surface area contributed by atoms with Gasteiger partial charge in [0.1, 0.15) is 5.15 Å². The summed E-state index contributed by atoms with van der Waals surface area (Å²) < 4.78 is 7.25. The molecule has 14 heavy (non-hydrogen) atoms. The molecule has 0 N–H and O–H groups in total. The molecule has 1 aliphatic rings. The highest BCUT2D eigenvalue weighted by molar-refractivity contribution is 6.30. The number of aromatic nitrogens is 2. The van der Waals surface area contributed by atoms with Crippen LogP contribution < -0.4 is 0 Å². The minimum Gasteiger partial charge on any atom is -0.379 e. The lowest BCUT2D eigenvalue weighted by Crippen LogP contribution is -2.10. The van der Waals surface area contributed by atoms with Crippen LogP contribution in [0.25, 0.3) is 0 Å². The Labute approximate surface area is 89.0 Å². The second kappa shape index (κ2) is 3.91. The van der Waals surface area contributed by atoms with E-state index in [0.29, 0.717) is 6.04 Å². The summed E-state index contributed by atoms with van der Waals surface area (Å²) in [4.78, 5) is 0. The van der Waals surface area contributed by atoms with Crippen molar-refractivity contribution in [1.29, 1.82) is 0 Å². The minimum atomic E-state index is 0.335. The summed E-state index contributed by atoms with van der Waals surface area (Å²) in [5.41, 5.74) is 2.21. The lowest BCUT2D eigenvalue weighted by atomic mass is 10.2. The molecule has 78 valence electrons. The summed E-state index contributed by atoms with van der Waals surface area (Å²) in [5.74, 6) is 0. The van der Waals surface area contributed by atoms with Crippen molar-refractivity contribution >= 4 is 11.6 Å². The first kappa shape index (κ1) is 9.99. The quantitative estimate of drug-likeness (QED) is 0.756. The zero-order chi connectivity index (χ0) is 10.1. The van der Waals surface area contributed by atoms with E-state index in [1.807, 2.05) is 11.6 Å². The van der Waals surface area contributed by atoms with Crippen molar-refractivity contribution < 1.29 is 4.74 Å². The first-order valence-corrected chi connectivity index (χ1v) is 5.43. The Hall–Kier alpha value is -0.540. The summed E-state index contributed by atoms with van der Waals surface area (Å²) in [6, 6.07) is 0.335. The molecule has 1 unspecified atom stereocenters. The van der Waals surface area contributed by atoms with Crippen molar-refractivity contribution in [3.05, 3.63) is 16.4 Å². The van der Waals surface area contributed by atoms with Crippen molar-refractivity contribution in [3.8, 4) is 0 Å². The number of nitrogens with zero attached hydrogens (tertiary/aromatic N) is 2. The zero-order valence-electron chi connectivity index (χ0n) is 8.59. The second-order valence-corrected chi connectivity index (χ2v) is 4.04. The molecule has 0 saturated carbocycles. The first-order valence-electron chi connectivity index (χ1n) is 5.05. The van der Waals surface area contributed by atoms with Crippen LogP contribution in [0.5, 0.6) is 0 Å². The Balaban J connectivity index is 2.32. The fourth-order valence-corrected chi connectivity index (χ4v) is 2.12. The van der Waals surface area contributed by atoms with Crippen LogP contribution in [-0.4, -0.2) is 23.0 Å². The van der Waals surface area contributed by atoms with Crippen LogP contribution in [0.15, 0.2) is 0 Å². The molecule has 3 nitrogen and oxygen atoms in total. The van der Waals surface area contributed by atoms with Gasteiger partial charge in [-0.15, -0.1) is 0 Å². The normalized spacial score (nSPS) is 21.8. The summed E-state index contributed by atoms with van der Waals surface area (Å²) in [5, 5.41) is 5.29. The Kier molecular flexibility index (Phi) is 2.79. The van der Waals surface area contributed by atoms with E-state index in [4.69, 9.17) is 16.3 Å². The largest absolute Gasteiger partial charge is 0.379 e. The van der Waals surface area contributed by atoms with Gasteiger partial charge in [-0.3, -0.25) is 0 Å². The highest BCUT2D eigenvalue weighted by Crippen LogP contribution is 2.27. The van der Waals surface area contributed by atoms with E-state index in [9.17, 15) is 0 Å². The Morgan fingerprint density at radius 1 is 1.64 bits per heavy atom. The maximum absolute atomic E-state index is 6.22. The van der Waals surface area contributed by atoms with Crippen LogP contribution in [0, 0.1) is 6.92 Å². The number of hydrogen-bond acceptors (Lipinski definition) is 2. The van der Waals surface area contributed by atoms with Crippen LogP contribution >= 0.6 is 11.6 Å². The molecule has 1 aliphatic heterocycles. The van der Waals surface area contributed by atoms with Crippen LogP contribution in [0.3, 0.4) is 0 Å². The van der Waals surface area contributed by atoms with Crippen LogP contribution in [0.2, 0.25) is 5.15 Å². The van der Waals surface area contributed by atoms with Gasteiger partial charge < -0.3 is 4.74 Å². The second-order valence-electron chi connectivity index (χ2n) is 3.68. The summed E-state index contributed by atoms with van der Waals surface area (Å²) in [7, 11) is 0. The summed E-state index contributed by atoms with van der Waals surface area (Å²) in [6.07, 6.45) is 1.95. The van der Waals surface area contributed by atoms with Crippen molar-refractivity contribution in [3.63, 3.8) is 0 Å². The van der Waals surface area contributed by atoms with E-state index in [1.54, 1.807) is 0 Å². The van der Waals surface area contributed by atoms with E-state index >= 15 is 0 Å². The lowest BCUT2D eigenvalue weighted by Gasteiger charge is -2.09. The van der Waals surface area contributed by atoms with Gasteiger partial charge in [-0.25, -0.2) is 4.68 Å². The van der Waals surface area contributed by atoms with E-state index in [-0.39, 0.29) is 0 Å². The molecule has 0 aliphatic carbocycles. The molecule has 1 aromatic rings. The Morgan fingerprint density at radius 3 is 2.93 bits per heavy atom. The molecule has 2 heterocycles. The average Bonchev–Trinajstić information content (AvgIpc) is 2.78. The predicted octanol–water partition coefficient (Wildman–Crippen LogP) is 2.37. The highest BCUT2D eigenvalue weighted by atomic mass is 35.5. The standard InChI is InChI=1S/C10H15ClN2O/c1-3-9-7(2)10(11)13(12-9)8-4-5-14-6-8/h8H,3-6H2,1-2H3. The maximum Gasteiger partial charge on any atom is 0.130 e. The van der Waals surface area contributed by atoms with Crippen molar-refractivity contribution in [2.24, 2.45) is 0 Å². The summed E-state index contributed by atoms with van der Waals surface area (Å²) in [6.45, 7) is 5.69. The maximum atomic E-state index is 6.22. The lowest BCUT2D eigenvalue weighted by molar-refractivity contribution is 0.184. The van der Waals surface area contributed by atoms with Gasteiger partial charge in [0.05, 0.1) is 18.3 Å². The zero-order valence-corrected chi connectivity index (χ0v) is 9.34. The van der Waals surface area contributed by atoms with Gasteiger partial charge >= 0.3 is 0 Å². The molecule has 0 aromatic carbocycles. The molecule has 4 heteroatoms. The van der Waals surface area contributed by atoms with Crippen LogP contribution in [0.1, 0.15) is 30.6 Å². The van der Waals surface area contributed by atoms with Gasteiger partial charge in [0.2, 0.25) is 0 Å². The molecule has 0 spiro atoms. The van der Waals surface area contributed by atoms with Gasteiger partial charge in [0.15, 0.2) is 0 Å². The van der Waals surface area contributed by atoms with E-state index in [0.717, 1.165) is 42.5 Å². The smallest absolute Gasteiger partial charge is 0.130 e. The molecule has 2 rings (SSSR count). The van der Waals surface area contributed by atoms with E-state index in [2.05, 4.69) is 12.0 Å². The molecule has 0 amide bonds. The molecule has 1 fully saturated rings. The van der Waals surface area contributed by atoms with Crippen LogP contribution in [-0.2, 0) is 11.2 Å². The van der Waals surface area contributed by atoms with Gasteiger partial charge in [0, 0.05) is 12.2 Å². The molecule has 1 aromatic heterocycles. The third kappa shape index (κ3) is 1.55. The topological polar surface area (TPSA) is 27.1 Å². The highest BCUT2D eigenvalue weighted by Gasteiger charge is 2.22. The molecule has 1 saturated heterocycles. The molecule has 1 atom stereocenters. The number of aryl methyl sites for hydroxylation is 1. The van der Waals surface area contributed by atoms with E-state index in [1.165, 1.54) is 0 Å². The number of halogens is 1. The van der Waals surface area contributed by atoms with Crippen molar-refractivity contribution in [2.45, 2.75) is 32.7 Å². The monoisotopic (exact) mass is 214 g/mol. The van der Waals surface area contributed by atoms with Crippen molar-refractivity contribution in [1.82, 2.24) is 9.78 Å². The van der Waals surface area contributed by atoms with Crippen LogP contribution in [0.4, 0.5) is 0 Å². The third-order valence-corrected chi connectivity index (χ3v) is 3.21. The number of hydrogen-bond donors (Lipinski definition) is 0. The van der Waals surface area contributed by atoms with Gasteiger partial charge in [-0.2, -0.15) is 5.10 Å². The molecule has 0 bridgehead atoms. The first-order chi connectivity index (χ1) is 6.74. The minimum absolute atomic E-state index is 0.335. The fourth-order valence-electron chi connectivity index (χ4n) is 1.83. The van der Waals surface area contributed by atoms with Gasteiger partial charge in [-0.05, 0) is 19.8 Å². The Bertz CT molecular complexity index is 329. The van der Waals surface area contributed by atoms with Gasteiger partial charge in [0.25, 0.3) is 0 Å². The molecular weight excluding hydrogens is 200 g/mol. The number of rotatable bonds is 2. The summed E-state index contributed by atoms with van der Waals surface area (Å²) >= 11 is 6.22. The molecule has 0 radical (unpaired) electrons. The predicted molar refractivity (Wildman–Crippen MR) is 55.8 cm³/mol. The number of ether oxygens (including phenoxy) is 1. The third-order valence-electron chi connectivity index (χ3n) is 2.76. The fraction of sp³-hybridized carbons (Fsp3) is 0.700. The van der Waals surface area contributed by atoms with E-state index < -0.39 is 0 Å². The molecular formula is C10H15ClN2O. The SMILES string of the molecule is CCc1nn(C2CCOC2)c(Cl)c1C. The Morgan fingerprint density at radius 2 is 2.43 bits per heavy atom. The average molecular weight is 215 g/mol. The van der Waals surface area contributed by atoms with Crippen molar-refractivity contribution in [2.75, 3.05) is 13.2 Å².